The molecule has 6 heteroatoms. The van der Waals surface area contributed by atoms with E-state index in [1.54, 1.807) is 15.8 Å². The van der Waals surface area contributed by atoms with Gasteiger partial charge in [-0.1, -0.05) is 26.8 Å². The second kappa shape index (κ2) is 8.76. The summed E-state index contributed by atoms with van der Waals surface area (Å²) in [5.74, 6) is 0.135. The third-order valence-electron chi connectivity index (χ3n) is 4.35. The van der Waals surface area contributed by atoms with E-state index >= 15 is 0 Å². The molecule has 0 bridgehead atoms. The minimum atomic E-state index is -0.253. The number of aliphatic hydroxyl groups excluding tert-OH is 1. The Labute approximate surface area is 149 Å². The number of nitrogens with zero attached hydrogens (tertiary/aromatic N) is 4. The van der Waals surface area contributed by atoms with Crippen LogP contribution in [0.15, 0.2) is 30.5 Å². The average molecular weight is 344 g/mol. The number of aromatic nitrogens is 3. The Kier molecular flexibility index (Phi) is 6.70. The van der Waals surface area contributed by atoms with Crippen molar-refractivity contribution < 1.29 is 9.90 Å². The molecule has 25 heavy (non-hydrogen) atoms. The van der Waals surface area contributed by atoms with E-state index in [9.17, 15) is 9.90 Å². The van der Waals surface area contributed by atoms with Gasteiger partial charge in [-0.05, 0) is 37.5 Å². The highest BCUT2D eigenvalue weighted by Gasteiger charge is 2.27. The first-order chi connectivity index (χ1) is 12.0. The second-order valence-electron chi connectivity index (χ2n) is 6.42. The molecule has 2 aromatic heterocycles. The van der Waals surface area contributed by atoms with Crippen LogP contribution in [0.1, 0.15) is 61.9 Å². The van der Waals surface area contributed by atoms with Gasteiger partial charge in [0.15, 0.2) is 0 Å². The van der Waals surface area contributed by atoms with Gasteiger partial charge in [0, 0.05) is 12.7 Å². The molecule has 2 heterocycles. The van der Waals surface area contributed by atoms with E-state index in [0.29, 0.717) is 25.2 Å². The maximum Gasteiger partial charge on any atom is 0.272 e. The first-order valence-electron chi connectivity index (χ1n) is 8.91. The monoisotopic (exact) mass is 344 g/mol. The van der Waals surface area contributed by atoms with Crippen molar-refractivity contribution in [1.29, 1.82) is 0 Å². The zero-order valence-corrected chi connectivity index (χ0v) is 15.5. The van der Waals surface area contributed by atoms with Crippen molar-refractivity contribution in [1.82, 2.24) is 19.7 Å². The van der Waals surface area contributed by atoms with Crippen molar-refractivity contribution in [3.05, 3.63) is 47.5 Å². The summed E-state index contributed by atoms with van der Waals surface area (Å²) in [5, 5.41) is 14.3. The molecule has 2 rings (SSSR count). The number of rotatable bonds is 8. The number of hydrogen-bond donors (Lipinski definition) is 1. The molecule has 1 amide bonds. The minimum Gasteiger partial charge on any atom is -0.394 e. The topological polar surface area (TPSA) is 71.2 Å². The maximum absolute atomic E-state index is 13.3. The molecule has 0 aliphatic carbocycles. The predicted octanol–water partition coefficient (Wildman–Crippen LogP) is 2.83. The van der Waals surface area contributed by atoms with Gasteiger partial charge < -0.3 is 10.0 Å². The van der Waals surface area contributed by atoms with Crippen LogP contribution in [-0.2, 0) is 13.1 Å². The molecule has 0 aliphatic rings. The van der Waals surface area contributed by atoms with Crippen LogP contribution in [-0.4, -0.2) is 43.3 Å². The number of aliphatic hydroxyl groups is 1. The number of carbonyl (C=O) groups excluding carboxylic acids is 1. The van der Waals surface area contributed by atoms with E-state index < -0.39 is 0 Å². The summed E-state index contributed by atoms with van der Waals surface area (Å²) in [4.78, 5) is 19.3. The first kappa shape index (κ1) is 19.1. The molecular weight excluding hydrogens is 316 g/mol. The Morgan fingerprint density at radius 3 is 2.60 bits per heavy atom. The largest absolute Gasteiger partial charge is 0.394 e. The fourth-order valence-corrected chi connectivity index (χ4v) is 2.76. The van der Waals surface area contributed by atoms with Crippen molar-refractivity contribution >= 4 is 5.91 Å². The molecule has 0 aliphatic heterocycles. The lowest BCUT2D eigenvalue weighted by Crippen LogP contribution is -2.42. The molecule has 0 radical (unpaired) electrons. The predicted molar refractivity (Wildman–Crippen MR) is 97.3 cm³/mol. The molecule has 0 spiro atoms. The van der Waals surface area contributed by atoms with Crippen LogP contribution in [0, 0.1) is 0 Å². The summed E-state index contributed by atoms with van der Waals surface area (Å²) in [6.45, 7) is 8.98. The number of amides is 1. The van der Waals surface area contributed by atoms with Gasteiger partial charge in [0.2, 0.25) is 0 Å². The summed E-state index contributed by atoms with van der Waals surface area (Å²) < 4.78 is 1.74. The van der Waals surface area contributed by atoms with Crippen molar-refractivity contribution in [3.8, 4) is 0 Å². The van der Waals surface area contributed by atoms with Gasteiger partial charge >= 0.3 is 0 Å². The Morgan fingerprint density at radius 2 is 2.08 bits per heavy atom. The summed E-state index contributed by atoms with van der Waals surface area (Å²) in [5.41, 5.74) is 2.27. The molecule has 1 atom stereocenters. The zero-order valence-electron chi connectivity index (χ0n) is 15.5. The maximum atomic E-state index is 13.3. The van der Waals surface area contributed by atoms with Crippen LogP contribution in [0.4, 0.5) is 0 Å². The van der Waals surface area contributed by atoms with Gasteiger partial charge in [0.25, 0.3) is 5.91 Å². The van der Waals surface area contributed by atoms with Gasteiger partial charge in [0.05, 0.1) is 30.6 Å². The number of aryl methyl sites for hydroxylation is 1. The van der Waals surface area contributed by atoms with Crippen LogP contribution < -0.4 is 0 Å². The molecule has 0 saturated carbocycles. The van der Waals surface area contributed by atoms with Crippen LogP contribution in [0.3, 0.4) is 0 Å². The lowest BCUT2D eigenvalue weighted by Gasteiger charge is -2.29. The van der Waals surface area contributed by atoms with E-state index in [1.807, 2.05) is 38.1 Å². The lowest BCUT2D eigenvalue weighted by molar-refractivity contribution is 0.0548. The van der Waals surface area contributed by atoms with Crippen LogP contribution >= 0.6 is 0 Å². The molecule has 0 saturated heterocycles. The SMILES string of the molecule is CCC(CO)N(Cc1ccccn1)C(=O)c1cc(C(C)C)nn1CC. The smallest absolute Gasteiger partial charge is 0.272 e. The minimum absolute atomic E-state index is 0.0770. The van der Waals surface area contributed by atoms with Gasteiger partial charge in [-0.3, -0.25) is 14.5 Å². The summed E-state index contributed by atoms with van der Waals surface area (Å²) >= 11 is 0. The summed E-state index contributed by atoms with van der Waals surface area (Å²) in [6, 6.07) is 7.25. The van der Waals surface area contributed by atoms with E-state index in [-0.39, 0.29) is 24.5 Å². The van der Waals surface area contributed by atoms with E-state index in [2.05, 4.69) is 23.9 Å². The van der Waals surface area contributed by atoms with Crippen molar-refractivity contribution in [3.63, 3.8) is 0 Å². The van der Waals surface area contributed by atoms with Crippen molar-refractivity contribution in [2.45, 2.75) is 59.2 Å². The normalized spacial score (nSPS) is 12.4. The van der Waals surface area contributed by atoms with E-state index in [0.717, 1.165) is 11.4 Å². The lowest BCUT2D eigenvalue weighted by atomic mass is 10.1. The van der Waals surface area contributed by atoms with Gasteiger partial charge in [-0.15, -0.1) is 0 Å². The second-order valence-corrected chi connectivity index (χ2v) is 6.42. The molecule has 1 N–H and O–H groups in total. The van der Waals surface area contributed by atoms with Crippen molar-refractivity contribution in [2.75, 3.05) is 6.61 Å². The van der Waals surface area contributed by atoms with Gasteiger partial charge in [0.1, 0.15) is 5.69 Å². The Hall–Kier alpha value is -2.21. The first-order valence-corrected chi connectivity index (χ1v) is 8.91. The third kappa shape index (κ3) is 4.45. The highest BCUT2D eigenvalue weighted by molar-refractivity contribution is 5.93. The Morgan fingerprint density at radius 1 is 1.32 bits per heavy atom. The Balaban J connectivity index is 2.37. The van der Waals surface area contributed by atoms with E-state index in [1.165, 1.54) is 0 Å². The molecule has 0 fully saturated rings. The van der Waals surface area contributed by atoms with Gasteiger partial charge in [-0.2, -0.15) is 5.10 Å². The standard InChI is InChI=1S/C19H28N4O2/c1-5-16(13-24)22(12-15-9-7-8-10-20-15)19(25)18-11-17(14(3)4)21-23(18)6-2/h7-11,14,16,24H,5-6,12-13H2,1-4H3. The summed E-state index contributed by atoms with van der Waals surface area (Å²) in [6.07, 6.45) is 2.39. The van der Waals surface area contributed by atoms with Gasteiger partial charge in [-0.25, -0.2) is 0 Å². The average Bonchev–Trinajstić information content (AvgIpc) is 3.07. The zero-order chi connectivity index (χ0) is 18.4. The molecular formula is C19H28N4O2. The number of carbonyl (C=O) groups is 1. The molecule has 2 aromatic rings. The van der Waals surface area contributed by atoms with Crippen molar-refractivity contribution in [2.24, 2.45) is 0 Å². The summed E-state index contributed by atoms with van der Waals surface area (Å²) in [7, 11) is 0. The molecule has 0 aromatic carbocycles. The molecule has 6 nitrogen and oxygen atoms in total. The fourth-order valence-electron chi connectivity index (χ4n) is 2.76. The third-order valence-corrected chi connectivity index (χ3v) is 4.35. The quantitative estimate of drug-likeness (QED) is 0.799. The van der Waals surface area contributed by atoms with Crippen LogP contribution in [0.25, 0.3) is 0 Å². The van der Waals surface area contributed by atoms with Crippen LogP contribution in [0.2, 0.25) is 0 Å². The van der Waals surface area contributed by atoms with Crippen LogP contribution in [0.5, 0.6) is 0 Å². The molecule has 1 unspecified atom stereocenters. The highest BCUT2D eigenvalue weighted by Crippen LogP contribution is 2.19. The molecule has 136 valence electrons. The van der Waals surface area contributed by atoms with E-state index in [4.69, 9.17) is 0 Å². The Bertz CT molecular complexity index is 678. The fraction of sp³-hybridized carbons (Fsp3) is 0.526. The highest BCUT2D eigenvalue weighted by atomic mass is 16.3. The number of pyridine rings is 1. The number of hydrogen-bond acceptors (Lipinski definition) is 4.